The van der Waals surface area contributed by atoms with Crippen LogP contribution in [-0.2, 0) is 0 Å². The van der Waals surface area contributed by atoms with Crippen LogP contribution < -0.4 is 25.4 Å². The van der Waals surface area contributed by atoms with Gasteiger partial charge in [-0.2, -0.15) is 0 Å². The van der Waals surface area contributed by atoms with E-state index < -0.39 is 23.7 Å². The number of benzene rings is 7. The van der Waals surface area contributed by atoms with Crippen molar-refractivity contribution in [1.82, 2.24) is 5.32 Å². The quantitative estimate of drug-likeness (QED) is 0.0336. The fourth-order valence-corrected chi connectivity index (χ4v) is 7.18. The fraction of sp³-hybridized carbons (Fsp3) is 0.0976. The highest BCUT2D eigenvalue weighted by molar-refractivity contribution is 6.42. The van der Waals surface area contributed by atoms with E-state index in [0.717, 1.165) is 0 Å². The van der Waals surface area contributed by atoms with E-state index in [-0.39, 0.29) is 22.5 Å². The Bertz CT molecular complexity index is 2650. The van der Waals surface area contributed by atoms with E-state index >= 15 is 0 Å². The maximum absolute atomic E-state index is 14.2. The molecule has 0 unspecified atom stereocenters. The van der Waals surface area contributed by atoms with Gasteiger partial charge < -0.3 is 25.2 Å². The second-order valence-electron chi connectivity index (χ2n) is 12.3. The molecule has 0 radical (unpaired) electrons. The first-order valence-corrected chi connectivity index (χ1v) is 16.6. The van der Waals surface area contributed by atoms with Crippen molar-refractivity contribution in [3.63, 3.8) is 0 Å². The Balaban J connectivity index is 1.41. The number of carboxylic acid groups (broad SMARTS) is 1. The molecule has 8 rings (SSSR count). The normalized spacial score (nSPS) is 12.3. The van der Waals surface area contributed by atoms with Gasteiger partial charge in [0.25, 0.3) is 17.7 Å². The number of nitrogens with one attached hydrogen (secondary N) is 4. The SMILES string of the molecule is CCOc1ccc(NC(=N)c2cc(C(=O)O)c3c4ccc5c6c(ccc(c7ccc(C(=O)Nc8ccc(OCC)cc8)c2c73)c64)C(=O)NC5=O)cc1. The van der Waals surface area contributed by atoms with E-state index in [1.54, 1.807) is 84.9 Å². The molecule has 0 bridgehead atoms. The Kier molecular flexibility index (Phi) is 7.68. The monoisotopic (exact) mass is 690 g/mol. The molecule has 3 amide bonds. The van der Waals surface area contributed by atoms with Crippen molar-refractivity contribution in [3.8, 4) is 11.5 Å². The molecular weight excluding hydrogens is 660 g/mol. The van der Waals surface area contributed by atoms with Crippen LogP contribution in [0.25, 0.3) is 43.1 Å². The Morgan fingerprint density at radius 1 is 0.615 bits per heavy atom. The van der Waals surface area contributed by atoms with Crippen molar-refractivity contribution in [1.29, 1.82) is 5.41 Å². The van der Waals surface area contributed by atoms with Crippen molar-refractivity contribution >= 4 is 84.0 Å². The molecule has 256 valence electrons. The first-order chi connectivity index (χ1) is 25.2. The number of carbonyl (C=O) groups is 4. The third-order valence-electron chi connectivity index (χ3n) is 9.32. The summed E-state index contributed by atoms with van der Waals surface area (Å²) in [5, 5.41) is 32.3. The van der Waals surface area contributed by atoms with Gasteiger partial charge in [-0.3, -0.25) is 25.1 Å². The van der Waals surface area contributed by atoms with Crippen LogP contribution in [-0.4, -0.2) is 47.8 Å². The number of ether oxygens (including phenoxy) is 2. The summed E-state index contributed by atoms with van der Waals surface area (Å²) in [6.45, 7) is 4.75. The second kappa shape index (κ2) is 12.4. The smallest absolute Gasteiger partial charge is 0.336 e. The van der Waals surface area contributed by atoms with E-state index in [1.165, 1.54) is 6.07 Å². The first-order valence-electron chi connectivity index (χ1n) is 16.6. The molecule has 11 heteroatoms. The van der Waals surface area contributed by atoms with Crippen LogP contribution in [0.4, 0.5) is 11.4 Å². The summed E-state index contributed by atoms with van der Waals surface area (Å²) < 4.78 is 11.1. The Morgan fingerprint density at radius 3 is 1.73 bits per heavy atom. The molecule has 0 aromatic heterocycles. The van der Waals surface area contributed by atoms with Gasteiger partial charge in [0.1, 0.15) is 17.3 Å². The Hall–Kier alpha value is -7.01. The van der Waals surface area contributed by atoms with E-state index in [0.29, 0.717) is 90.3 Å². The summed E-state index contributed by atoms with van der Waals surface area (Å²) in [4.78, 5) is 53.3. The van der Waals surface area contributed by atoms with Gasteiger partial charge in [-0.25, -0.2) is 4.79 Å². The van der Waals surface area contributed by atoms with Crippen LogP contribution in [0.1, 0.15) is 60.8 Å². The molecule has 0 aliphatic carbocycles. The molecule has 1 heterocycles. The number of anilines is 2. The number of amidine groups is 1. The van der Waals surface area contributed by atoms with Gasteiger partial charge in [0, 0.05) is 49.8 Å². The van der Waals surface area contributed by atoms with Crippen molar-refractivity contribution in [2.24, 2.45) is 0 Å². The molecule has 0 saturated carbocycles. The first kappa shape index (κ1) is 32.2. The maximum atomic E-state index is 14.2. The predicted octanol–water partition coefficient (Wildman–Crippen LogP) is 7.81. The zero-order chi connectivity index (χ0) is 36.3. The van der Waals surface area contributed by atoms with Crippen LogP contribution in [0, 0.1) is 5.41 Å². The van der Waals surface area contributed by atoms with E-state index in [2.05, 4.69) is 16.0 Å². The second-order valence-corrected chi connectivity index (χ2v) is 12.3. The lowest BCUT2D eigenvalue weighted by atomic mass is 9.81. The molecule has 7 aromatic rings. The van der Waals surface area contributed by atoms with Gasteiger partial charge in [-0.05, 0) is 114 Å². The van der Waals surface area contributed by atoms with Crippen molar-refractivity contribution in [3.05, 3.63) is 119 Å². The van der Waals surface area contributed by atoms with E-state index in [4.69, 9.17) is 9.47 Å². The van der Waals surface area contributed by atoms with Crippen LogP contribution in [0.5, 0.6) is 11.5 Å². The highest BCUT2D eigenvalue weighted by Gasteiger charge is 2.30. The third kappa shape index (κ3) is 5.09. The Morgan fingerprint density at radius 2 is 1.15 bits per heavy atom. The van der Waals surface area contributed by atoms with Crippen LogP contribution in [0.3, 0.4) is 0 Å². The number of rotatable bonds is 9. The summed E-state index contributed by atoms with van der Waals surface area (Å²) in [5.74, 6) is -1.64. The molecule has 52 heavy (non-hydrogen) atoms. The number of fused-ring (bicyclic) bond motifs is 2. The highest BCUT2D eigenvalue weighted by Crippen LogP contribution is 2.46. The standard InChI is InChI=1S/C41H30N4O7/c1-3-51-22-9-5-20(6-10-22)43-37(42)30-19-31(41(49)50)33-26-15-18-28-34-27(39(47)45-40(28)48)16-13-24(32(26)34)25-14-17-29(35(30)36(25)33)38(46)44-21-7-11-23(12-8-21)52-4-2/h5-19H,3-4H2,1-2H3,(H2,42,43)(H,44,46)(H,49,50)(H,45,47,48). The van der Waals surface area contributed by atoms with Crippen molar-refractivity contribution in [2.45, 2.75) is 13.8 Å². The summed E-state index contributed by atoms with van der Waals surface area (Å²) in [7, 11) is 0. The van der Waals surface area contributed by atoms with Crippen molar-refractivity contribution in [2.75, 3.05) is 23.8 Å². The molecule has 0 fully saturated rings. The van der Waals surface area contributed by atoms with Gasteiger partial charge in [0.05, 0.1) is 18.8 Å². The molecule has 0 saturated heterocycles. The highest BCUT2D eigenvalue weighted by atomic mass is 16.5. The third-order valence-corrected chi connectivity index (χ3v) is 9.32. The molecule has 5 N–H and O–H groups in total. The van der Waals surface area contributed by atoms with Crippen LogP contribution in [0.15, 0.2) is 91.0 Å². The molecule has 0 atom stereocenters. The summed E-state index contributed by atoms with van der Waals surface area (Å²) in [6.07, 6.45) is 0. The molecule has 1 aliphatic heterocycles. The Labute approximate surface area is 296 Å². The number of aromatic carboxylic acids is 1. The minimum absolute atomic E-state index is 0.107. The van der Waals surface area contributed by atoms with Gasteiger partial charge >= 0.3 is 5.97 Å². The number of carbonyl (C=O) groups excluding carboxylic acids is 3. The predicted molar refractivity (Wildman–Crippen MR) is 200 cm³/mol. The number of imide groups is 1. The lowest BCUT2D eigenvalue weighted by Crippen LogP contribution is -2.34. The van der Waals surface area contributed by atoms with E-state index in [1.807, 2.05) is 13.8 Å². The molecule has 11 nitrogen and oxygen atoms in total. The maximum Gasteiger partial charge on any atom is 0.336 e. The van der Waals surface area contributed by atoms with Crippen molar-refractivity contribution < 1.29 is 33.8 Å². The average Bonchev–Trinajstić information content (AvgIpc) is 3.14. The lowest BCUT2D eigenvalue weighted by Gasteiger charge is -2.23. The zero-order valence-electron chi connectivity index (χ0n) is 28.0. The number of carboxylic acids is 1. The minimum atomic E-state index is -1.25. The molecule has 7 aromatic carbocycles. The number of hydrogen-bond acceptors (Lipinski definition) is 7. The van der Waals surface area contributed by atoms with Gasteiger partial charge in [0.2, 0.25) is 0 Å². The van der Waals surface area contributed by atoms with Gasteiger partial charge in [-0.1, -0.05) is 18.2 Å². The minimum Gasteiger partial charge on any atom is -0.494 e. The van der Waals surface area contributed by atoms with Crippen LogP contribution >= 0.6 is 0 Å². The lowest BCUT2D eigenvalue weighted by molar-refractivity contribution is 0.0697. The van der Waals surface area contributed by atoms with Gasteiger partial charge in [-0.15, -0.1) is 0 Å². The fourth-order valence-electron chi connectivity index (χ4n) is 7.18. The zero-order valence-corrected chi connectivity index (χ0v) is 28.0. The van der Waals surface area contributed by atoms with E-state index in [9.17, 15) is 29.7 Å². The largest absolute Gasteiger partial charge is 0.494 e. The molecule has 0 spiro atoms. The summed E-state index contributed by atoms with van der Waals surface area (Å²) in [6, 6.07) is 25.4. The summed E-state index contributed by atoms with van der Waals surface area (Å²) in [5.41, 5.74) is 1.96. The molecular formula is C41H30N4O7. The summed E-state index contributed by atoms with van der Waals surface area (Å²) >= 11 is 0. The van der Waals surface area contributed by atoms with Crippen LogP contribution in [0.2, 0.25) is 0 Å². The topological polar surface area (TPSA) is 167 Å². The van der Waals surface area contributed by atoms with Gasteiger partial charge in [0.15, 0.2) is 0 Å². The number of amides is 3. The number of hydrogen-bond donors (Lipinski definition) is 5. The average molecular weight is 691 g/mol. The molecule has 1 aliphatic rings.